The third-order valence-electron chi connectivity index (χ3n) is 2.85. The van der Waals surface area contributed by atoms with Crippen molar-refractivity contribution in [2.45, 2.75) is 47.1 Å². The van der Waals surface area contributed by atoms with E-state index in [9.17, 15) is 4.79 Å². The lowest BCUT2D eigenvalue weighted by atomic mass is 10.0. The molecule has 0 N–H and O–H groups in total. The lowest BCUT2D eigenvalue weighted by molar-refractivity contribution is -0.132. The Bertz CT molecular complexity index is 438. The van der Waals surface area contributed by atoms with Crippen LogP contribution in [0.5, 0.6) is 5.75 Å². The number of benzene rings is 1. The molecule has 3 nitrogen and oxygen atoms in total. The highest BCUT2D eigenvalue weighted by atomic mass is 16.5. The first kappa shape index (κ1) is 14.6. The maximum absolute atomic E-state index is 12.1. The fourth-order valence-electron chi connectivity index (χ4n) is 1.99. The molecule has 1 aromatic rings. The molecule has 1 heterocycles. The van der Waals surface area contributed by atoms with E-state index in [2.05, 4.69) is 0 Å². The summed E-state index contributed by atoms with van der Waals surface area (Å²) in [6.07, 6.45) is 0. The second-order valence-corrected chi connectivity index (χ2v) is 4.63. The number of anilines is 1. The number of likely N-dealkylation sites (N-methyl/N-ethyl adjacent to an activating group) is 1. The molecule has 1 aromatic carbocycles. The summed E-state index contributed by atoms with van der Waals surface area (Å²) in [5.74, 6) is 0.817. The van der Waals surface area contributed by atoms with Crippen molar-refractivity contribution in [2.24, 2.45) is 0 Å². The van der Waals surface area contributed by atoms with E-state index in [1.54, 1.807) is 4.90 Å². The molecule has 1 aliphatic heterocycles. The SMILES string of the molecule is CC.CCN1C(=O)C(C)(C)Oc2cc(C)ccc21. The van der Waals surface area contributed by atoms with Crippen LogP contribution in [-0.4, -0.2) is 18.1 Å². The van der Waals surface area contributed by atoms with Gasteiger partial charge in [0, 0.05) is 6.54 Å². The van der Waals surface area contributed by atoms with Crippen LogP contribution in [0, 0.1) is 6.92 Å². The number of hydrogen-bond donors (Lipinski definition) is 0. The smallest absolute Gasteiger partial charge is 0.270 e. The zero-order valence-corrected chi connectivity index (χ0v) is 12.2. The number of ether oxygens (including phenoxy) is 1. The molecule has 0 saturated carbocycles. The Morgan fingerprint density at radius 2 is 1.89 bits per heavy atom. The van der Waals surface area contributed by atoms with Crippen LogP contribution >= 0.6 is 0 Å². The minimum Gasteiger partial charge on any atom is -0.476 e. The molecule has 0 aliphatic carbocycles. The van der Waals surface area contributed by atoms with Crippen LogP contribution in [0.15, 0.2) is 18.2 Å². The Morgan fingerprint density at radius 1 is 1.28 bits per heavy atom. The first-order chi connectivity index (χ1) is 8.45. The summed E-state index contributed by atoms with van der Waals surface area (Å²) in [5.41, 5.74) is 1.24. The van der Waals surface area contributed by atoms with E-state index >= 15 is 0 Å². The summed E-state index contributed by atoms with van der Waals surface area (Å²) in [6.45, 7) is 12.3. The largest absolute Gasteiger partial charge is 0.476 e. The molecule has 0 fully saturated rings. The van der Waals surface area contributed by atoms with Crippen molar-refractivity contribution in [3.05, 3.63) is 23.8 Å². The van der Waals surface area contributed by atoms with Crippen molar-refractivity contribution in [1.29, 1.82) is 0 Å². The number of hydrogen-bond acceptors (Lipinski definition) is 2. The summed E-state index contributed by atoms with van der Waals surface area (Å²) >= 11 is 0. The average molecular weight is 249 g/mol. The topological polar surface area (TPSA) is 29.5 Å². The fourth-order valence-corrected chi connectivity index (χ4v) is 1.99. The fraction of sp³-hybridized carbons (Fsp3) is 0.533. The Balaban J connectivity index is 0.000000771. The summed E-state index contributed by atoms with van der Waals surface area (Å²) in [6, 6.07) is 5.92. The van der Waals surface area contributed by atoms with Crippen LogP contribution in [0.4, 0.5) is 5.69 Å². The molecule has 18 heavy (non-hydrogen) atoms. The van der Waals surface area contributed by atoms with Gasteiger partial charge in [-0.3, -0.25) is 4.79 Å². The second-order valence-electron chi connectivity index (χ2n) is 4.63. The Hall–Kier alpha value is -1.51. The average Bonchev–Trinajstić information content (AvgIpc) is 2.33. The molecule has 100 valence electrons. The number of fused-ring (bicyclic) bond motifs is 1. The number of carbonyl (C=O) groups excluding carboxylic acids is 1. The highest BCUT2D eigenvalue weighted by Gasteiger charge is 2.40. The van der Waals surface area contributed by atoms with E-state index in [4.69, 9.17) is 4.74 Å². The molecule has 0 spiro atoms. The van der Waals surface area contributed by atoms with Crippen molar-refractivity contribution in [3.8, 4) is 5.75 Å². The van der Waals surface area contributed by atoms with Crippen LogP contribution in [0.3, 0.4) is 0 Å². The predicted molar refractivity (Wildman–Crippen MR) is 75.3 cm³/mol. The van der Waals surface area contributed by atoms with Crippen LogP contribution in [0.25, 0.3) is 0 Å². The molecule has 0 saturated heterocycles. The Kier molecular flexibility index (Phi) is 4.38. The first-order valence-corrected chi connectivity index (χ1v) is 6.57. The van der Waals surface area contributed by atoms with E-state index in [-0.39, 0.29) is 5.91 Å². The molecule has 0 atom stereocenters. The Morgan fingerprint density at radius 3 is 2.44 bits per heavy atom. The molecular weight excluding hydrogens is 226 g/mol. The second kappa shape index (κ2) is 5.42. The third kappa shape index (κ3) is 2.50. The van der Waals surface area contributed by atoms with E-state index in [0.717, 1.165) is 17.0 Å². The predicted octanol–water partition coefficient (Wildman–Crippen LogP) is 3.55. The van der Waals surface area contributed by atoms with Gasteiger partial charge in [0.1, 0.15) is 5.75 Å². The number of rotatable bonds is 1. The maximum Gasteiger partial charge on any atom is 0.270 e. The first-order valence-electron chi connectivity index (χ1n) is 6.57. The van der Waals surface area contributed by atoms with Crippen molar-refractivity contribution in [2.75, 3.05) is 11.4 Å². The molecule has 0 aromatic heterocycles. The lowest BCUT2D eigenvalue weighted by Crippen LogP contribution is -2.52. The monoisotopic (exact) mass is 249 g/mol. The van der Waals surface area contributed by atoms with E-state index in [1.807, 2.05) is 59.7 Å². The number of carbonyl (C=O) groups is 1. The minimum absolute atomic E-state index is 0.0198. The lowest BCUT2D eigenvalue weighted by Gasteiger charge is -2.38. The molecule has 3 heteroatoms. The minimum atomic E-state index is -0.767. The van der Waals surface area contributed by atoms with Crippen LogP contribution in [-0.2, 0) is 4.79 Å². The van der Waals surface area contributed by atoms with Crippen LogP contribution in [0.2, 0.25) is 0 Å². The Labute approximate surface area is 110 Å². The van der Waals surface area contributed by atoms with E-state index in [1.165, 1.54) is 0 Å². The molecule has 1 amide bonds. The summed E-state index contributed by atoms with van der Waals surface area (Å²) < 4.78 is 5.75. The molecule has 0 radical (unpaired) electrons. The number of nitrogens with zero attached hydrogens (tertiary/aromatic N) is 1. The quantitative estimate of drug-likeness (QED) is 0.761. The molecule has 0 unspecified atom stereocenters. The maximum atomic E-state index is 12.1. The molecular formula is C15H23NO2. The summed E-state index contributed by atoms with van der Waals surface area (Å²) in [7, 11) is 0. The standard InChI is InChI=1S/C13H17NO2.C2H6/c1-5-14-10-7-6-9(2)8-11(10)16-13(3,4)12(14)15;1-2/h6-8H,5H2,1-4H3;1-2H3. The summed E-state index contributed by atoms with van der Waals surface area (Å²) in [4.78, 5) is 13.9. The zero-order chi connectivity index (χ0) is 13.9. The van der Waals surface area contributed by atoms with Gasteiger partial charge in [0.2, 0.25) is 0 Å². The molecule has 2 rings (SSSR count). The summed E-state index contributed by atoms with van der Waals surface area (Å²) in [5, 5.41) is 0. The van der Waals surface area contributed by atoms with Crippen molar-refractivity contribution >= 4 is 11.6 Å². The van der Waals surface area contributed by atoms with Gasteiger partial charge in [0.15, 0.2) is 5.60 Å². The normalized spacial score (nSPS) is 16.3. The van der Waals surface area contributed by atoms with Gasteiger partial charge in [-0.15, -0.1) is 0 Å². The molecule has 1 aliphatic rings. The molecule has 0 bridgehead atoms. The third-order valence-corrected chi connectivity index (χ3v) is 2.85. The van der Waals surface area contributed by atoms with E-state index in [0.29, 0.717) is 6.54 Å². The van der Waals surface area contributed by atoms with Gasteiger partial charge in [0.25, 0.3) is 5.91 Å². The van der Waals surface area contributed by atoms with Gasteiger partial charge >= 0.3 is 0 Å². The zero-order valence-electron chi connectivity index (χ0n) is 12.2. The van der Waals surface area contributed by atoms with Crippen LogP contribution in [0.1, 0.15) is 40.2 Å². The van der Waals surface area contributed by atoms with Gasteiger partial charge in [-0.25, -0.2) is 0 Å². The number of aryl methyl sites for hydroxylation is 1. The van der Waals surface area contributed by atoms with Crippen molar-refractivity contribution < 1.29 is 9.53 Å². The van der Waals surface area contributed by atoms with Crippen LogP contribution < -0.4 is 9.64 Å². The van der Waals surface area contributed by atoms with Gasteiger partial charge in [-0.1, -0.05) is 19.9 Å². The number of amides is 1. The van der Waals surface area contributed by atoms with Gasteiger partial charge in [0.05, 0.1) is 5.69 Å². The van der Waals surface area contributed by atoms with Crippen molar-refractivity contribution in [1.82, 2.24) is 0 Å². The van der Waals surface area contributed by atoms with Gasteiger partial charge in [-0.05, 0) is 45.4 Å². The highest BCUT2D eigenvalue weighted by molar-refractivity contribution is 6.02. The van der Waals surface area contributed by atoms with Gasteiger partial charge in [-0.2, -0.15) is 0 Å². The van der Waals surface area contributed by atoms with Crippen molar-refractivity contribution in [3.63, 3.8) is 0 Å². The highest BCUT2D eigenvalue weighted by Crippen LogP contribution is 2.37. The van der Waals surface area contributed by atoms with Gasteiger partial charge < -0.3 is 9.64 Å². The van der Waals surface area contributed by atoms with E-state index < -0.39 is 5.60 Å².